The quantitative estimate of drug-likeness (QED) is 0.265. The molecule has 6 heteroatoms. The molecule has 0 aliphatic heterocycles. The summed E-state index contributed by atoms with van der Waals surface area (Å²) in [5, 5.41) is 6.53. The van der Waals surface area contributed by atoms with Crippen LogP contribution in [0.2, 0.25) is 0 Å². The third kappa shape index (κ3) is 12.9. The second kappa shape index (κ2) is 14.4. The highest BCUT2D eigenvalue weighted by molar-refractivity contribution is 14.0. The summed E-state index contributed by atoms with van der Waals surface area (Å²) in [6.45, 7) is 7.39. The first-order chi connectivity index (χ1) is 9.51. The molecule has 0 aromatic rings. The number of carbonyl (C=O) groups is 1. The van der Waals surface area contributed by atoms with E-state index in [4.69, 9.17) is 0 Å². The number of amides is 1. The van der Waals surface area contributed by atoms with E-state index in [1.54, 1.807) is 19.0 Å². The molecule has 126 valence electrons. The zero-order valence-electron chi connectivity index (χ0n) is 14.2. The maximum absolute atomic E-state index is 11.5. The molecule has 0 aromatic heterocycles. The largest absolute Gasteiger partial charge is 0.357 e. The Morgan fingerprint density at radius 1 is 1.19 bits per heavy atom. The van der Waals surface area contributed by atoms with Gasteiger partial charge in [0.1, 0.15) is 6.54 Å². The van der Waals surface area contributed by atoms with E-state index in [2.05, 4.69) is 29.5 Å². The molecule has 0 heterocycles. The zero-order chi connectivity index (χ0) is 15.4. The van der Waals surface area contributed by atoms with Crippen molar-refractivity contribution in [2.75, 3.05) is 27.2 Å². The van der Waals surface area contributed by atoms with Crippen molar-refractivity contribution in [1.29, 1.82) is 0 Å². The number of likely N-dealkylation sites (N-methyl/N-ethyl adjacent to an activating group) is 1. The Hall–Kier alpha value is -0.530. The second-order valence-electron chi connectivity index (χ2n) is 5.38. The van der Waals surface area contributed by atoms with Crippen molar-refractivity contribution < 1.29 is 4.79 Å². The van der Waals surface area contributed by atoms with Gasteiger partial charge in [0, 0.05) is 26.7 Å². The van der Waals surface area contributed by atoms with Crippen LogP contribution in [0.3, 0.4) is 0 Å². The van der Waals surface area contributed by atoms with Gasteiger partial charge in [-0.3, -0.25) is 4.79 Å². The summed E-state index contributed by atoms with van der Waals surface area (Å²) >= 11 is 0. The molecular weight excluding hydrogens is 379 g/mol. The minimum Gasteiger partial charge on any atom is -0.357 e. The summed E-state index contributed by atoms with van der Waals surface area (Å²) in [6, 6.07) is 0.374. The van der Waals surface area contributed by atoms with Gasteiger partial charge in [-0.15, -0.1) is 24.0 Å². The lowest BCUT2D eigenvalue weighted by Crippen LogP contribution is -2.42. The molecule has 1 amide bonds. The van der Waals surface area contributed by atoms with Crippen LogP contribution in [-0.4, -0.2) is 50.0 Å². The average Bonchev–Trinajstić information content (AvgIpc) is 2.40. The standard InChI is InChI=1S/C15H32N4O.HI/c1-6-8-9-10-11-13(3)18-15(16-7-2)17-12-14(20)19(4)5;/h13H,6-12H2,1-5H3,(H2,16,17,18);1H. The van der Waals surface area contributed by atoms with Gasteiger partial charge in [-0.1, -0.05) is 32.6 Å². The first kappa shape index (κ1) is 22.7. The van der Waals surface area contributed by atoms with Crippen LogP contribution < -0.4 is 10.6 Å². The highest BCUT2D eigenvalue weighted by Gasteiger charge is 2.07. The minimum absolute atomic E-state index is 0. The lowest BCUT2D eigenvalue weighted by Gasteiger charge is -2.18. The highest BCUT2D eigenvalue weighted by Crippen LogP contribution is 2.05. The Kier molecular flexibility index (Phi) is 15.6. The van der Waals surface area contributed by atoms with E-state index in [1.807, 2.05) is 6.92 Å². The summed E-state index contributed by atoms with van der Waals surface area (Å²) in [5.41, 5.74) is 0. The molecule has 0 bridgehead atoms. The third-order valence-corrected chi connectivity index (χ3v) is 3.09. The number of hydrogen-bond donors (Lipinski definition) is 2. The molecular formula is C15H33IN4O. The lowest BCUT2D eigenvalue weighted by atomic mass is 10.1. The van der Waals surface area contributed by atoms with Crippen molar-refractivity contribution in [2.45, 2.75) is 58.9 Å². The molecule has 1 atom stereocenters. The zero-order valence-corrected chi connectivity index (χ0v) is 16.6. The molecule has 0 rings (SSSR count). The molecule has 0 radical (unpaired) electrons. The molecule has 0 saturated carbocycles. The van der Waals surface area contributed by atoms with Crippen LogP contribution in [0, 0.1) is 0 Å². The Balaban J connectivity index is 0. The van der Waals surface area contributed by atoms with Crippen molar-refractivity contribution in [3.05, 3.63) is 0 Å². The number of nitrogens with zero attached hydrogens (tertiary/aromatic N) is 2. The maximum Gasteiger partial charge on any atom is 0.243 e. The Labute approximate surface area is 147 Å². The van der Waals surface area contributed by atoms with Crippen molar-refractivity contribution >= 4 is 35.8 Å². The van der Waals surface area contributed by atoms with Gasteiger partial charge in [0.25, 0.3) is 0 Å². The average molecular weight is 412 g/mol. The smallest absolute Gasteiger partial charge is 0.243 e. The molecule has 0 aromatic carbocycles. The van der Waals surface area contributed by atoms with Gasteiger partial charge in [-0.05, 0) is 20.3 Å². The summed E-state index contributed by atoms with van der Waals surface area (Å²) in [5.74, 6) is 0.739. The Bertz CT molecular complexity index is 295. The van der Waals surface area contributed by atoms with Crippen LogP contribution in [0.5, 0.6) is 0 Å². The van der Waals surface area contributed by atoms with Gasteiger partial charge in [0.2, 0.25) is 5.91 Å². The molecule has 0 saturated heterocycles. The van der Waals surface area contributed by atoms with Crippen LogP contribution >= 0.6 is 24.0 Å². The fourth-order valence-corrected chi connectivity index (χ4v) is 1.79. The van der Waals surface area contributed by atoms with Crippen molar-refractivity contribution in [2.24, 2.45) is 4.99 Å². The fraction of sp³-hybridized carbons (Fsp3) is 0.867. The molecule has 0 aliphatic carbocycles. The van der Waals surface area contributed by atoms with Crippen LogP contribution in [0.4, 0.5) is 0 Å². The summed E-state index contributed by atoms with van der Waals surface area (Å²) in [7, 11) is 3.49. The fourth-order valence-electron chi connectivity index (χ4n) is 1.79. The van der Waals surface area contributed by atoms with Gasteiger partial charge in [-0.2, -0.15) is 0 Å². The predicted octanol–water partition coefficient (Wildman–Crippen LogP) is 2.61. The highest BCUT2D eigenvalue weighted by atomic mass is 127. The van der Waals surface area contributed by atoms with Crippen LogP contribution in [-0.2, 0) is 4.79 Å². The molecule has 2 N–H and O–H groups in total. The first-order valence-electron chi connectivity index (χ1n) is 7.76. The number of hydrogen-bond acceptors (Lipinski definition) is 2. The number of unbranched alkanes of at least 4 members (excludes halogenated alkanes) is 3. The first-order valence-corrected chi connectivity index (χ1v) is 7.76. The topological polar surface area (TPSA) is 56.7 Å². The number of guanidine groups is 1. The van der Waals surface area contributed by atoms with Gasteiger partial charge in [0.05, 0.1) is 0 Å². The van der Waals surface area contributed by atoms with Gasteiger partial charge in [0.15, 0.2) is 5.96 Å². The summed E-state index contributed by atoms with van der Waals surface area (Å²) in [6.07, 6.45) is 6.22. The van der Waals surface area contributed by atoms with Crippen LogP contribution in [0.25, 0.3) is 0 Å². The minimum atomic E-state index is 0. The third-order valence-electron chi connectivity index (χ3n) is 3.09. The van der Waals surface area contributed by atoms with Crippen molar-refractivity contribution in [3.8, 4) is 0 Å². The molecule has 0 aliphatic rings. The van der Waals surface area contributed by atoms with Crippen LogP contribution in [0.1, 0.15) is 52.9 Å². The maximum atomic E-state index is 11.5. The molecule has 0 fully saturated rings. The lowest BCUT2D eigenvalue weighted by molar-refractivity contribution is -0.127. The number of aliphatic imine (C=N–C) groups is 1. The molecule has 21 heavy (non-hydrogen) atoms. The van der Waals surface area contributed by atoms with Crippen LogP contribution in [0.15, 0.2) is 4.99 Å². The Morgan fingerprint density at radius 3 is 2.38 bits per heavy atom. The molecule has 1 unspecified atom stereocenters. The normalized spacial score (nSPS) is 12.3. The monoisotopic (exact) mass is 412 g/mol. The number of carbonyl (C=O) groups excluding carboxylic acids is 1. The van der Waals surface area contributed by atoms with Crippen molar-refractivity contribution in [3.63, 3.8) is 0 Å². The van der Waals surface area contributed by atoms with Gasteiger partial charge < -0.3 is 15.5 Å². The Morgan fingerprint density at radius 2 is 1.86 bits per heavy atom. The van der Waals surface area contributed by atoms with E-state index >= 15 is 0 Å². The van der Waals surface area contributed by atoms with E-state index in [1.165, 1.54) is 25.7 Å². The van der Waals surface area contributed by atoms with Crippen molar-refractivity contribution in [1.82, 2.24) is 15.5 Å². The number of nitrogens with one attached hydrogen (secondary N) is 2. The SMILES string of the molecule is CCCCCCC(C)NC(=NCC(=O)N(C)C)NCC.I. The molecule has 0 spiro atoms. The van der Waals surface area contributed by atoms with E-state index in [0.717, 1.165) is 18.9 Å². The number of halogens is 1. The second-order valence-corrected chi connectivity index (χ2v) is 5.38. The summed E-state index contributed by atoms with van der Waals surface area (Å²) in [4.78, 5) is 17.4. The van der Waals surface area contributed by atoms with E-state index in [0.29, 0.717) is 6.04 Å². The predicted molar refractivity (Wildman–Crippen MR) is 101 cm³/mol. The van der Waals surface area contributed by atoms with E-state index in [9.17, 15) is 4.79 Å². The van der Waals surface area contributed by atoms with E-state index in [-0.39, 0.29) is 36.4 Å². The molecule has 5 nitrogen and oxygen atoms in total. The van der Waals surface area contributed by atoms with E-state index < -0.39 is 0 Å². The van der Waals surface area contributed by atoms with Gasteiger partial charge >= 0.3 is 0 Å². The summed E-state index contributed by atoms with van der Waals surface area (Å²) < 4.78 is 0. The number of rotatable bonds is 9. The van der Waals surface area contributed by atoms with Gasteiger partial charge in [-0.25, -0.2) is 4.99 Å².